The first-order valence-electron chi connectivity index (χ1n) is 6.38. The lowest BCUT2D eigenvalue weighted by Gasteiger charge is -2.29. The molecule has 0 bridgehead atoms. The molecule has 17 heavy (non-hydrogen) atoms. The molecule has 0 radical (unpaired) electrons. The minimum atomic E-state index is -0.0883. The molecule has 1 rings (SSSR count). The van der Waals surface area contributed by atoms with Crippen molar-refractivity contribution in [2.24, 2.45) is 11.1 Å². The van der Waals surface area contributed by atoms with Crippen LogP contribution in [0.15, 0.2) is 0 Å². The van der Waals surface area contributed by atoms with E-state index in [0.717, 1.165) is 19.3 Å². The number of nitrogens with two attached hydrogens (primary N) is 1. The highest BCUT2D eigenvalue weighted by molar-refractivity contribution is 5.85. The van der Waals surface area contributed by atoms with Gasteiger partial charge in [0.25, 0.3) is 0 Å². The molecule has 102 valence electrons. The van der Waals surface area contributed by atoms with E-state index in [-0.39, 0.29) is 29.3 Å². The van der Waals surface area contributed by atoms with Crippen molar-refractivity contribution < 1.29 is 4.79 Å². The first-order valence-corrected chi connectivity index (χ1v) is 6.38. The van der Waals surface area contributed by atoms with Crippen LogP contribution in [0, 0.1) is 5.41 Å². The number of halogens is 1. The normalized spacial score (nSPS) is 18.6. The number of nitrogens with one attached hydrogen (secondary N) is 1. The van der Waals surface area contributed by atoms with Gasteiger partial charge >= 0.3 is 0 Å². The molecule has 1 aliphatic carbocycles. The topological polar surface area (TPSA) is 55.1 Å². The van der Waals surface area contributed by atoms with E-state index >= 15 is 0 Å². The molecule has 0 aromatic carbocycles. The summed E-state index contributed by atoms with van der Waals surface area (Å²) in [5.74, 6) is 0.169. The molecular weight excluding hydrogens is 236 g/mol. The number of rotatable bonds is 4. The molecule has 0 saturated heterocycles. The van der Waals surface area contributed by atoms with Gasteiger partial charge in [0.1, 0.15) is 0 Å². The maximum atomic E-state index is 11.8. The summed E-state index contributed by atoms with van der Waals surface area (Å²) in [5, 5.41) is 3.15. The van der Waals surface area contributed by atoms with Gasteiger partial charge in [-0.1, -0.05) is 33.6 Å². The molecule has 0 aromatic heterocycles. The molecule has 1 amide bonds. The first kappa shape index (κ1) is 16.7. The smallest absolute Gasteiger partial charge is 0.220 e. The van der Waals surface area contributed by atoms with Crippen molar-refractivity contribution in [3.63, 3.8) is 0 Å². The van der Waals surface area contributed by atoms with Gasteiger partial charge in [0.05, 0.1) is 5.54 Å². The van der Waals surface area contributed by atoms with E-state index in [9.17, 15) is 4.79 Å². The highest BCUT2D eigenvalue weighted by Gasteiger charge is 2.33. The van der Waals surface area contributed by atoms with Crippen LogP contribution in [-0.4, -0.2) is 18.0 Å². The van der Waals surface area contributed by atoms with Gasteiger partial charge in [-0.15, -0.1) is 12.4 Å². The summed E-state index contributed by atoms with van der Waals surface area (Å²) in [7, 11) is 0. The number of amides is 1. The van der Waals surface area contributed by atoms with Crippen LogP contribution in [0.1, 0.15) is 59.3 Å². The van der Waals surface area contributed by atoms with Gasteiger partial charge in [0, 0.05) is 13.0 Å². The van der Waals surface area contributed by atoms with Gasteiger partial charge in [0.2, 0.25) is 5.91 Å². The summed E-state index contributed by atoms with van der Waals surface area (Å²) in [4.78, 5) is 11.8. The summed E-state index contributed by atoms with van der Waals surface area (Å²) < 4.78 is 0. The molecule has 0 heterocycles. The second-order valence-corrected chi connectivity index (χ2v) is 6.30. The molecule has 4 heteroatoms. The van der Waals surface area contributed by atoms with Crippen molar-refractivity contribution in [2.45, 2.75) is 64.8 Å². The Morgan fingerprint density at radius 1 is 1.29 bits per heavy atom. The van der Waals surface area contributed by atoms with Gasteiger partial charge < -0.3 is 11.1 Å². The zero-order valence-corrected chi connectivity index (χ0v) is 12.2. The second-order valence-electron chi connectivity index (χ2n) is 6.30. The number of carbonyl (C=O) groups is 1. The van der Waals surface area contributed by atoms with E-state index in [1.807, 2.05) is 0 Å². The predicted octanol–water partition coefficient (Wildman–Crippen LogP) is 2.62. The van der Waals surface area contributed by atoms with E-state index in [1.54, 1.807) is 0 Å². The molecule has 0 aromatic rings. The van der Waals surface area contributed by atoms with Crippen molar-refractivity contribution in [3.05, 3.63) is 0 Å². The fourth-order valence-electron chi connectivity index (χ4n) is 2.28. The maximum absolute atomic E-state index is 11.8. The van der Waals surface area contributed by atoms with Gasteiger partial charge in [-0.2, -0.15) is 0 Å². The Morgan fingerprint density at radius 2 is 1.82 bits per heavy atom. The van der Waals surface area contributed by atoms with Crippen LogP contribution in [-0.2, 0) is 4.79 Å². The average molecular weight is 263 g/mol. The van der Waals surface area contributed by atoms with Crippen molar-refractivity contribution in [3.8, 4) is 0 Å². The lowest BCUT2D eigenvalue weighted by molar-refractivity contribution is -0.123. The summed E-state index contributed by atoms with van der Waals surface area (Å²) in [6, 6.07) is 0. The number of hydrogen-bond acceptors (Lipinski definition) is 2. The Balaban J connectivity index is 0.00000256. The molecule has 0 atom stereocenters. The standard InChI is InChI=1S/C13H26N2O.ClH/c1-12(2,3)9-6-11(16)15-13(10-14)7-4-5-8-13;/h4-10,14H2,1-3H3,(H,15,16);1H. The Morgan fingerprint density at radius 3 is 2.24 bits per heavy atom. The van der Waals surface area contributed by atoms with E-state index in [0.29, 0.717) is 13.0 Å². The number of hydrogen-bond donors (Lipinski definition) is 2. The molecule has 1 saturated carbocycles. The summed E-state index contributed by atoms with van der Waals surface area (Å²) in [6.07, 6.45) is 6.02. The molecule has 0 aliphatic heterocycles. The van der Waals surface area contributed by atoms with Crippen LogP contribution in [0.3, 0.4) is 0 Å². The van der Waals surface area contributed by atoms with E-state index in [4.69, 9.17) is 5.73 Å². The molecule has 0 spiro atoms. The highest BCUT2D eigenvalue weighted by Crippen LogP contribution is 2.29. The largest absolute Gasteiger partial charge is 0.349 e. The van der Waals surface area contributed by atoms with E-state index in [1.165, 1.54) is 12.8 Å². The van der Waals surface area contributed by atoms with Crippen LogP contribution in [0.5, 0.6) is 0 Å². The molecule has 1 aliphatic rings. The Kier molecular flexibility index (Phi) is 6.49. The van der Waals surface area contributed by atoms with Gasteiger partial charge in [-0.3, -0.25) is 4.79 Å². The van der Waals surface area contributed by atoms with Crippen molar-refractivity contribution in [2.75, 3.05) is 6.54 Å². The number of carbonyl (C=O) groups excluding carboxylic acids is 1. The van der Waals surface area contributed by atoms with Crippen LogP contribution in [0.25, 0.3) is 0 Å². The van der Waals surface area contributed by atoms with Gasteiger partial charge in [-0.25, -0.2) is 0 Å². The highest BCUT2D eigenvalue weighted by atomic mass is 35.5. The van der Waals surface area contributed by atoms with Crippen LogP contribution >= 0.6 is 12.4 Å². The maximum Gasteiger partial charge on any atom is 0.220 e. The van der Waals surface area contributed by atoms with E-state index in [2.05, 4.69) is 26.1 Å². The minimum Gasteiger partial charge on any atom is -0.349 e. The third-order valence-corrected chi connectivity index (χ3v) is 3.46. The Hall–Kier alpha value is -0.280. The van der Waals surface area contributed by atoms with Crippen LogP contribution in [0.4, 0.5) is 0 Å². The quantitative estimate of drug-likeness (QED) is 0.818. The van der Waals surface area contributed by atoms with Gasteiger partial charge in [-0.05, 0) is 24.7 Å². The second kappa shape index (κ2) is 6.60. The van der Waals surface area contributed by atoms with Crippen molar-refractivity contribution >= 4 is 18.3 Å². The lowest BCUT2D eigenvalue weighted by atomic mass is 9.90. The van der Waals surface area contributed by atoms with E-state index < -0.39 is 0 Å². The average Bonchev–Trinajstić information content (AvgIpc) is 2.63. The minimum absolute atomic E-state index is 0. The molecule has 3 nitrogen and oxygen atoms in total. The Bertz CT molecular complexity index is 242. The molecule has 1 fully saturated rings. The zero-order chi connectivity index (χ0) is 12.2. The van der Waals surface area contributed by atoms with Gasteiger partial charge in [0.15, 0.2) is 0 Å². The van der Waals surface area contributed by atoms with Crippen molar-refractivity contribution in [1.29, 1.82) is 0 Å². The third-order valence-electron chi connectivity index (χ3n) is 3.46. The molecule has 3 N–H and O–H groups in total. The monoisotopic (exact) mass is 262 g/mol. The molecule has 0 unspecified atom stereocenters. The summed E-state index contributed by atoms with van der Waals surface area (Å²) in [5.41, 5.74) is 5.92. The summed E-state index contributed by atoms with van der Waals surface area (Å²) in [6.45, 7) is 7.06. The van der Waals surface area contributed by atoms with Crippen LogP contribution < -0.4 is 11.1 Å². The fraction of sp³-hybridized carbons (Fsp3) is 0.923. The zero-order valence-electron chi connectivity index (χ0n) is 11.3. The first-order chi connectivity index (χ1) is 7.37. The SMILES string of the molecule is CC(C)(C)CCC(=O)NC1(CN)CCCC1.Cl. The predicted molar refractivity (Wildman–Crippen MR) is 74.3 cm³/mol. The van der Waals surface area contributed by atoms with Crippen LogP contribution in [0.2, 0.25) is 0 Å². The summed E-state index contributed by atoms with van der Waals surface area (Å²) >= 11 is 0. The lowest BCUT2D eigenvalue weighted by Crippen LogP contribution is -2.51. The van der Waals surface area contributed by atoms with Crippen molar-refractivity contribution in [1.82, 2.24) is 5.32 Å². The fourth-order valence-corrected chi connectivity index (χ4v) is 2.28. The molecular formula is C13H27ClN2O. The Labute approximate surface area is 111 Å². The third kappa shape index (κ3) is 5.73.